The van der Waals surface area contributed by atoms with Gasteiger partial charge in [-0.15, -0.1) is 0 Å². The Hall–Kier alpha value is -1.86. The lowest BCUT2D eigenvalue weighted by Gasteiger charge is -2.26. The van der Waals surface area contributed by atoms with Crippen LogP contribution >= 0.6 is 0 Å². The first-order valence-electron chi connectivity index (χ1n) is 10.9. The van der Waals surface area contributed by atoms with Crippen molar-refractivity contribution in [2.75, 3.05) is 26.9 Å². The normalized spacial score (nSPS) is 26.2. The van der Waals surface area contributed by atoms with Gasteiger partial charge in [-0.1, -0.05) is 6.92 Å². The van der Waals surface area contributed by atoms with E-state index in [0.717, 1.165) is 43.3 Å². The molecule has 7 heteroatoms. The highest BCUT2D eigenvalue weighted by Crippen LogP contribution is 2.26. The van der Waals surface area contributed by atoms with Gasteiger partial charge in [0, 0.05) is 38.5 Å². The number of pyridine rings is 1. The molecule has 7 nitrogen and oxygen atoms in total. The van der Waals surface area contributed by atoms with E-state index in [1.54, 1.807) is 7.05 Å². The topological polar surface area (TPSA) is 77.0 Å². The predicted octanol–water partition coefficient (Wildman–Crippen LogP) is 2.90. The van der Waals surface area contributed by atoms with E-state index in [0.29, 0.717) is 31.7 Å². The number of nitrogens with one attached hydrogen (secondary N) is 2. The summed E-state index contributed by atoms with van der Waals surface area (Å²) in [6, 6.07) is 4.18. The Morgan fingerprint density at radius 2 is 2.10 bits per heavy atom. The zero-order valence-corrected chi connectivity index (χ0v) is 18.0. The molecule has 162 valence electrons. The highest BCUT2D eigenvalue weighted by atomic mass is 16.5. The Labute approximate surface area is 174 Å². The average Bonchev–Trinajstić information content (AvgIpc) is 3.25. The Bertz CT molecular complexity index is 641. The van der Waals surface area contributed by atoms with Crippen LogP contribution in [-0.4, -0.2) is 56.1 Å². The van der Waals surface area contributed by atoms with Crippen molar-refractivity contribution < 1.29 is 14.2 Å². The van der Waals surface area contributed by atoms with Crippen molar-refractivity contribution in [3.8, 4) is 5.88 Å². The van der Waals surface area contributed by atoms with Crippen molar-refractivity contribution in [3.63, 3.8) is 0 Å². The number of nitrogens with zero attached hydrogens (tertiary/aromatic N) is 2. The second-order valence-corrected chi connectivity index (χ2v) is 8.29. The SMILES string of the molecule is CN=C(NCc1ccnc(OC2CCC(C)CC2)c1)NC(C)COC1CCOC1. The van der Waals surface area contributed by atoms with E-state index in [-0.39, 0.29) is 12.1 Å². The third-order valence-corrected chi connectivity index (χ3v) is 5.59. The molecule has 2 N–H and O–H groups in total. The van der Waals surface area contributed by atoms with Crippen LogP contribution in [0.1, 0.15) is 51.5 Å². The third kappa shape index (κ3) is 7.48. The maximum atomic E-state index is 6.11. The summed E-state index contributed by atoms with van der Waals surface area (Å²) in [6.45, 7) is 7.19. The summed E-state index contributed by atoms with van der Waals surface area (Å²) in [4.78, 5) is 8.70. The van der Waals surface area contributed by atoms with Gasteiger partial charge in [0.2, 0.25) is 5.88 Å². The minimum absolute atomic E-state index is 0.159. The fourth-order valence-electron chi connectivity index (χ4n) is 3.72. The maximum Gasteiger partial charge on any atom is 0.213 e. The van der Waals surface area contributed by atoms with E-state index in [2.05, 4.69) is 34.5 Å². The first-order valence-corrected chi connectivity index (χ1v) is 10.9. The standard InChI is InChI=1S/C22H36N4O3/c1-16-4-6-19(7-5-16)29-21-12-18(8-10-24-21)13-25-22(23-3)26-17(2)14-28-20-9-11-27-15-20/h8,10,12,16-17,19-20H,4-7,9,11,13-15H2,1-3H3,(H2,23,25,26). The van der Waals surface area contributed by atoms with Gasteiger partial charge in [-0.05, 0) is 56.6 Å². The molecule has 1 aliphatic carbocycles. The number of aromatic nitrogens is 1. The summed E-state index contributed by atoms with van der Waals surface area (Å²) in [5.41, 5.74) is 1.12. The molecule has 2 atom stereocenters. The van der Waals surface area contributed by atoms with Crippen molar-refractivity contribution in [1.29, 1.82) is 0 Å². The number of rotatable bonds is 8. The molecule has 29 heavy (non-hydrogen) atoms. The van der Waals surface area contributed by atoms with E-state index < -0.39 is 0 Å². The number of aliphatic imine (C=N–C) groups is 1. The van der Waals surface area contributed by atoms with Crippen LogP contribution in [0, 0.1) is 5.92 Å². The molecule has 3 rings (SSSR count). The summed E-state index contributed by atoms with van der Waals surface area (Å²) >= 11 is 0. The average molecular weight is 405 g/mol. The fraction of sp³-hybridized carbons (Fsp3) is 0.727. The highest BCUT2D eigenvalue weighted by molar-refractivity contribution is 5.79. The Morgan fingerprint density at radius 1 is 1.28 bits per heavy atom. The molecule has 0 radical (unpaired) electrons. The van der Waals surface area contributed by atoms with Gasteiger partial charge in [-0.3, -0.25) is 4.99 Å². The van der Waals surface area contributed by atoms with Gasteiger partial charge in [0.1, 0.15) is 6.10 Å². The van der Waals surface area contributed by atoms with Gasteiger partial charge in [0.05, 0.1) is 19.3 Å². The van der Waals surface area contributed by atoms with Crippen LogP contribution in [0.3, 0.4) is 0 Å². The summed E-state index contributed by atoms with van der Waals surface area (Å²) < 4.78 is 17.3. The predicted molar refractivity (Wildman–Crippen MR) is 114 cm³/mol. The van der Waals surface area contributed by atoms with Gasteiger partial charge in [0.25, 0.3) is 0 Å². The summed E-state index contributed by atoms with van der Waals surface area (Å²) in [6.07, 6.45) is 8.02. The molecule has 2 fully saturated rings. The van der Waals surface area contributed by atoms with Crippen LogP contribution in [0.4, 0.5) is 0 Å². The Balaban J connectivity index is 1.41. The molecule has 0 bridgehead atoms. The molecule has 1 saturated heterocycles. The zero-order valence-electron chi connectivity index (χ0n) is 18.0. The molecule has 0 spiro atoms. The van der Waals surface area contributed by atoms with Gasteiger partial charge >= 0.3 is 0 Å². The molecule has 0 aromatic carbocycles. The summed E-state index contributed by atoms with van der Waals surface area (Å²) in [5.74, 6) is 2.29. The lowest BCUT2D eigenvalue weighted by atomic mass is 9.89. The first-order chi connectivity index (χ1) is 14.1. The van der Waals surface area contributed by atoms with Gasteiger partial charge in [-0.2, -0.15) is 0 Å². The quantitative estimate of drug-likeness (QED) is 0.512. The fourth-order valence-corrected chi connectivity index (χ4v) is 3.72. The van der Waals surface area contributed by atoms with E-state index >= 15 is 0 Å². The van der Waals surface area contributed by atoms with E-state index in [1.807, 2.05) is 18.3 Å². The monoisotopic (exact) mass is 404 g/mol. The van der Waals surface area contributed by atoms with Gasteiger partial charge in [0.15, 0.2) is 5.96 Å². The van der Waals surface area contributed by atoms with E-state index in [1.165, 1.54) is 12.8 Å². The molecule has 1 aromatic heterocycles. The van der Waals surface area contributed by atoms with Crippen molar-refractivity contribution in [2.24, 2.45) is 10.9 Å². The lowest BCUT2D eigenvalue weighted by Crippen LogP contribution is -2.44. The van der Waals surface area contributed by atoms with Crippen molar-refractivity contribution in [2.45, 2.75) is 70.7 Å². The summed E-state index contributed by atoms with van der Waals surface area (Å²) in [7, 11) is 1.78. The smallest absolute Gasteiger partial charge is 0.213 e. The highest BCUT2D eigenvalue weighted by Gasteiger charge is 2.20. The molecule has 1 aliphatic heterocycles. The van der Waals surface area contributed by atoms with Crippen LogP contribution in [0.2, 0.25) is 0 Å². The number of guanidine groups is 1. The minimum Gasteiger partial charge on any atom is -0.474 e. The molecule has 2 aliphatic rings. The second-order valence-electron chi connectivity index (χ2n) is 8.29. The zero-order chi connectivity index (χ0) is 20.5. The van der Waals surface area contributed by atoms with E-state index in [9.17, 15) is 0 Å². The second kappa shape index (κ2) is 11.4. The Kier molecular flexibility index (Phi) is 8.55. The first kappa shape index (κ1) is 21.8. The van der Waals surface area contributed by atoms with Crippen LogP contribution in [-0.2, 0) is 16.0 Å². The molecule has 0 amide bonds. The lowest BCUT2D eigenvalue weighted by molar-refractivity contribution is 0.0347. The number of hydrogen-bond acceptors (Lipinski definition) is 5. The number of ether oxygens (including phenoxy) is 3. The molecular formula is C22H36N4O3. The molecule has 2 unspecified atom stereocenters. The molecule has 1 saturated carbocycles. The maximum absolute atomic E-state index is 6.11. The van der Waals surface area contributed by atoms with Crippen molar-refractivity contribution in [1.82, 2.24) is 15.6 Å². The van der Waals surface area contributed by atoms with Crippen LogP contribution in [0.25, 0.3) is 0 Å². The molecular weight excluding hydrogens is 368 g/mol. The van der Waals surface area contributed by atoms with E-state index in [4.69, 9.17) is 14.2 Å². The summed E-state index contributed by atoms with van der Waals surface area (Å²) in [5, 5.41) is 6.73. The van der Waals surface area contributed by atoms with Crippen molar-refractivity contribution >= 4 is 5.96 Å². The molecule has 2 heterocycles. The van der Waals surface area contributed by atoms with Gasteiger partial charge < -0.3 is 24.8 Å². The number of hydrogen-bond donors (Lipinski definition) is 2. The van der Waals surface area contributed by atoms with Crippen LogP contribution in [0.5, 0.6) is 5.88 Å². The largest absolute Gasteiger partial charge is 0.474 e. The van der Waals surface area contributed by atoms with Crippen molar-refractivity contribution in [3.05, 3.63) is 23.9 Å². The molecule has 1 aromatic rings. The third-order valence-electron chi connectivity index (χ3n) is 5.59. The van der Waals surface area contributed by atoms with Gasteiger partial charge in [-0.25, -0.2) is 4.98 Å². The van der Waals surface area contributed by atoms with Crippen LogP contribution in [0.15, 0.2) is 23.3 Å². The Morgan fingerprint density at radius 3 is 2.83 bits per heavy atom. The van der Waals surface area contributed by atoms with Crippen LogP contribution < -0.4 is 15.4 Å². The minimum atomic E-state index is 0.159.